The monoisotopic (exact) mass is 275 g/mol. The molecule has 108 valence electrons. The van der Waals surface area contributed by atoms with E-state index >= 15 is 0 Å². The first-order valence-electron chi connectivity index (χ1n) is 6.95. The minimum absolute atomic E-state index is 0.279. The average Bonchev–Trinajstić information content (AvgIpc) is 2.81. The maximum Gasteiger partial charge on any atom is 0.310 e. The van der Waals surface area contributed by atoms with Crippen LogP contribution in [0.4, 0.5) is 0 Å². The Bertz CT molecular complexity index is 661. The summed E-state index contributed by atoms with van der Waals surface area (Å²) in [5.74, 6) is -1.38. The molecule has 0 aliphatic rings. The Morgan fingerprint density at radius 3 is 2.60 bits per heavy atom. The fourth-order valence-electron chi connectivity index (χ4n) is 2.62. The molecule has 0 aromatic carbocycles. The van der Waals surface area contributed by atoms with Gasteiger partial charge in [-0.1, -0.05) is 6.92 Å². The minimum atomic E-state index is -0.827. The topological polar surface area (TPSA) is 68.0 Å². The summed E-state index contributed by atoms with van der Waals surface area (Å²) in [6.45, 7) is 9.74. The molecule has 0 spiro atoms. The van der Waals surface area contributed by atoms with Gasteiger partial charge >= 0.3 is 5.97 Å². The van der Waals surface area contributed by atoms with Gasteiger partial charge in [0, 0.05) is 11.1 Å². The van der Waals surface area contributed by atoms with E-state index in [9.17, 15) is 9.90 Å². The van der Waals surface area contributed by atoms with Crippen molar-refractivity contribution in [3.63, 3.8) is 0 Å². The highest BCUT2D eigenvalue weighted by molar-refractivity contribution is 5.84. The lowest BCUT2D eigenvalue weighted by Crippen LogP contribution is -2.13. The molecule has 0 fully saturated rings. The number of rotatable bonds is 4. The molecule has 2 aromatic heterocycles. The molecule has 0 aliphatic carbocycles. The predicted molar refractivity (Wildman–Crippen MR) is 78.1 cm³/mol. The highest BCUT2D eigenvalue weighted by atomic mass is 16.4. The van der Waals surface area contributed by atoms with E-state index in [1.54, 1.807) is 13.1 Å². The number of aliphatic carboxylic acids is 1. The van der Waals surface area contributed by atoms with Gasteiger partial charge in [0.1, 0.15) is 0 Å². The van der Waals surface area contributed by atoms with Crippen LogP contribution in [0, 0.1) is 13.8 Å². The average molecular weight is 275 g/mol. The summed E-state index contributed by atoms with van der Waals surface area (Å²) < 4.78 is 1.92. The number of aryl methyl sites for hydroxylation is 2. The van der Waals surface area contributed by atoms with Crippen molar-refractivity contribution in [2.24, 2.45) is 0 Å². The van der Waals surface area contributed by atoms with Crippen LogP contribution in [-0.4, -0.2) is 25.8 Å². The summed E-state index contributed by atoms with van der Waals surface area (Å²) >= 11 is 0. The number of nitrogens with zero attached hydrogens (tertiary/aromatic N) is 3. The normalized spacial score (nSPS) is 14.4. The molecule has 0 bridgehead atoms. The number of carboxylic acid groups (broad SMARTS) is 1. The Kier molecular flexibility index (Phi) is 3.79. The molecule has 2 aromatic rings. The Balaban J connectivity index is 2.69. The van der Waals surface area contributed by atoms with Crippen molar-refractivity contribution in [3.8, 4) is 0 Å². The van der Waals surface area contributed by atoms with Gasteiger partial charge in [-0.15, -0.1) is 0 Å². The van der Waals surface area contributed by atoms with Crippen molar-refractivity contribution in [1.29, 1.82) is 0 Å². The summed E-state index contributed by atoms with van der Waals surface area (Å²) in [6.07, 6.45) is 2.77. The van der Waals surface area contributed by atoms with Crippen LogP contribution < -0.4 is 0 Å². The van der Waals surface area contributed by atoms with Crippen molar-refractivity contribution < 1.29 is 9.90 Å². The lowest BCUT2D eigenvalue weighted by atomic mass is 9.94. The lowest BCUT2D eigenvalue weighted by molar-refractivity contribution is -0.138. The van der Waals surface area contributed by atoms with E-state index in [1.807, 2.05) is 18.5 Å². The van der Waals surface area contributed by atoms with Crippen LogP contribution in [0.2, 0.25) is 0 Å². The molecule has 5 nitrogen and oxygen atoms in total. The molecule has 0 saturated carbocycles. The second-order valence-electron chi connectivity index (χ2n) is 5.38. The third-order valence-electron chi connectivity index (χ3n) is 4.05. The summed E-state index contributed by atoms with van der Waals surface area (Å²) in [4.78, 5) is 15.9. The number of aromatic nitrogens is 3. The Labute approximate surface area is 118 Å². The van der Waals surface area contributed by atoms with Gasteiger partial charge in [0.25, 0.3) is 0 Å². The van der Waals surface area contributed by atoms with Gasteiger partial charge in [-0.05, 0) is 45.2 Å². The minimum Gasteiger partial charge on any atom is -0.481 e. The molecule has 2 rings (SSSR count). The van der Waals surface area contributed by atoms with Gasteiger partial charge in [0.05, 0.1) is 18.2 Å². The highest BCUT2D eigenvalue weighted by Crippen LogP contribution is 2.29. The molecule has 2 heterocycles. The van der Waals surface area contributed by atoms with Crippen molar-refractivity contribution >= 4 is 17.0 Å². The molecule has 2 unspecified atom stereocenters. The SMILES string of the molecule is CCC(C)n1ncc2c(C)c(C(C)C(=O)O)c(C)nc21. The van der Waals surface area contributed by atoms with Crippen LogP contribution >= 0.6 is 0 Å². The Morgan fingerprint density at radius 2 is 2.05 bits per heavy atom. The third kappa shape index (κ3) is 2.17. The number of fused-ring (bicyclic) bond motifs is 1. The number of carbonyl (C=O) groups is 1. The standard InChI is InChI=1S/C15H21N3O2/c1-6-8(2)18-14-12(7-16-18)9(3)13(11(5)17-14)10(4)15(19)20/h7-8,10H,6H2,1-5H3,(H,19,20). The van der Waals surface area contributed by atoms with Crippen molar-refractivity contribution in [1.82, 2.24) is 14.8 Å². The van der Waals surface area contributed by atoms with Crippen LogP contribution in [0.25, 0.3) is 11.0 Å². The highest BCUT2D eigenvalue weighted by Gasteiger charge is 2.22. The van der Waals surface area contributed by atoms with E-state index in [0.717, 1.165) is 34.3 Å². The summed E-state index contributed by atoms with van der Waals surface area (Å²) in [5, 5.41) is 14.6. The summed E-state index contributed by atoms with van der Waals surface area (Å²) in [5.41, 5.74) is 3.39. The van der Waals surface area contributed by atoms with E-state index in [2.05, 4.69) is 23.9 Å². The van der Waals surface area contributed by atoms with E-state index < -0.39 is 11.9 Å². The zero-order valence-corrected chi connectivity index (χ0v) is 12.6. The largest absolute Gasteiger partial charge is 0.481 e. The van der Waals surface area contributed by atoms with Gasteiger partial charge in [-0.2, -0.15) is 5.10 Å². The summed E-state index contributed by atoms with van der Waals surface area (Å²) in [7, 11) is 0. The van der Waals surface area contributed by atoms with Crippen molar-refractivity contribution in [3.05, 3.63) is 23.0 Å². The van der Waals surface area contributed by atoms with E-state index in [0.29, 0.717) is 0 Å². The molecule has 0 aliphatic heterocycles. The molecule has 0 amide bonds. The fraction of sp³-hybridized carbons (Fsp3) is 0.533. The quantitative estimate of drug-likeness (QED) is 0.930. The van der Waals surface area contributed by atoms with Gasteiger partial charge in [-0.3, -0.25) is 4.79 Å². The van der Waals surface area contributed by atoms with Crippen LogP contribution in [-0.2, 0) is 4.79 Å². The lowest BCUT2D eigenvalue weighted by Gasteiger charge is -2.16. The van der Waals surface area contributed by atoms with Crippen LogP contribution in [0.1, 0.15) is 56.0 Å². The molecule has 0 radical (unpaired) electrons. The molecular formula is C15H21N3O2. The zero-order valence-electron chi connectivity index (χ0n) is 12.6. The third-order valence-corrected chi connectivity index (χ3v) is 4.05. The number of hydrogen-bond donors (Lipinski definition) is 1. The van der Waals surface area contributed by atoms with Crippen LogP contribution in [0.15, 0.2) is 6.20 Å². The smallest absolute Gasteiger partial charge is 0.310 e. The van der Waals surface area contributed by atoms with Crippen molar-refractivity contribution in [2.45, 2.75) is 53.0 Å². The summed E-state index contributed by atoms with van der Waals surface area (Å²) in [6, 6.07) is 0.279. The molecule has 20 heavy (non-hydrogen) atoms. The second-order valence-corrected chi connectivity index (χ2v) is 5.38. The van der Waals surface area contributed by atoms with E-state index in [-0.39, 0.29) is 6.04 Å². The van der Waals surface area contributed by atoms with Gasteiger partial charge < -0.3 is 5.11 Å². The van der Waals surface area contributed by atoms with Crippen LogP contribution in [0.5, 0.6) is 0 Å². The second kappa shape index (κ2) is 5.23. The first-order valence-corrected chi connectivity index (χ1v) is 6.95. The molecule has 2 atom stereocenters. The number of hydrogen-bond acceptors (Lipinski definition) is 3. The first kappa shape index (κ1) is 14.5. The maximum absolute atomic E-state index is 11.3. The molecular weight excluding hydrogens is 254 g/mol. The van der Waals surface area contributed by atoms with Crippen molar-refractivity contribution in [2.75, 3.05) is 0 Å². The van der Waals surface area contributed by atoms with Gasteiger partial charge in [0.2, 0.25) is 0 Å². The fourth-order valence-corrected chi connectivity index (χ4v) is 2.62. The van der Waals surface area contributed by atoms with Gasteiger partial charge in [0.15, 0.2) is 5.65 Å². The van der Waals surface area contributed by atoms with E-state index in [4.69, 9.17) is 0 Å². The zero-order chi connectivity index (χ0) is 15.0. The maximum atomic E-state index is 11.3. The first-order chi connectivity index (χ1) is 9.38. The number of pyridine rings is 1. The Hall–Kier alpha value is -1.91. The molecule has 5 heteroatoms. The van der Waals surface area contributed by atoms with Gasteiger partial charge in [-0.25, -0.2) is 9.67 Å². The predicted octanol–water partition coefficient (Wildman–Crippen LogP) is 3.21. The molecule has 1 N–H and O–H groups in total. The molecule has 0 saturated heterocycles. The van der Waals surface area contributed by atoms with Crippen LogP contribution in [0.3, 0.4) is 0 Å². The number of carboxylic acids is 1. The van der Waals surface area contributed by atoms with E-state index in [1.165, 1.54) is 0 Å². The Morgan fingerprint density at radius 1 is 1.40 bits per heavy atom.